The van der Waals surface area contributed by atoms with E-state index in [1.807, 2.05) is 41.5 Å². The van der Waals surface area contributed by atoms with Crippen molar-refractivity contribution in [2.24, 2.45) is 5.73 Å². The first-order chi connectivity index (χ1) is 6.26. The van der Waals surface area contributed by atoms with Gasteiger partial charge in [-0.05, 0) is 13.8 Å². The minimum absolute atomic E-state index is 0.0278. The van der Waals surface area contributed by atoms with Gasteiger partial charge in [0.15, 0.2) is 0 Å². The van der Waals surface area contributed by atoms with E-state index in [0.717, 1.165) is 13.1 Å². The van der Waals surface area contributed by atoms with Gasteiger partial charge in [0, 0.05) is 13.1 Å². The average molecular weight is 190 g/mol. The van der Waals surface area contributed by atoms with Crippen LogP contribution in [0.15, 0.2) is 0 Å². The lowest BCUT2D eigenvalue weighted by atomic mass is 10.4. The molecule has 0 aromatic rings. The molecule has 82 valence electrons. The maximum absolute atomic E-state index is 10.8. The number of amides is 1. The lowest BCUT2D eigenvalue weighted by Gasteiger charge is -2.16. The molecular formula is C10H26N2O. The number of nitrogens with two attached hydrogens (primary N) is 1. The summed E-state index contributed by atoms with van der Waals surface area (Å²) in [6, 6.07) is 0. The van der Waals surface area contributed by atoms with Crippen molar-refractivity contribution in [1.82, 2.24) is 4.90 Å². The molecule has 1 amide bonds. The summed E-state index contributed by atoms with van der Waals surface area (Å²) in [5.74, 6) is 0.0278. The minimum Gasteiger partial charge on any atom is -0.342 e. The fourth-order valence-corrected chi connectivity index (χ4v) is 0.705. The Morgan fingerprint density at radius 2 is 1.38 bits per heavy atom. The van der Waals surface area contributed by atoms with Gasteiger partial charge in [-0.3, -0.25) is 4.79 Å². The Bertz CT molecular complexity index is 90.9. The zero-order chi connectivity index (χ0) is 11.3. The molecule has 0 spiro atoms. The first kappa shape index (κ1) is 18.3. The Kier molecular flexibility index (Phi) is 24.6. The van der Waals surface area contributed by atoms with Gasteiger partial charge in [-0.2, -0.15) is 0 Å². The monoisotopic (exact) mass is 190 g/mol. The number of carbonyl (C=O) groups excluding carboxylic acids is 1. The van der Waals surface area contributed by atoms with Gasteiger partial charge in [-0.25, -0.2) is 0 Å². The molecule has 0 aliphatic heterocycles. The second-order valence-electron chi connectivity index (χ2n) is 1.77. The lowest BCUT2D eigenvalue weighted by Crippen LogP contribution is -2.35. The van der Waals surface area contributed by atoms with Crippen LogP contribution in [-0.2, 0) is 4.79 Å². The van der Waals surface area contributed by atoms with Gasteiger partial charge in [-0.1, -0.05) is 27.7 Å². The largest absolute Gasteiger partial charge is 0.342 e. The number of hydrogen-bond donors (Lipinski definition) is 1. The second kappa shape index (κ2) is 17.5. The number of hydrogen-bond acceptors (Lipinski definition) is 2. The first-order valence-corrected chi connectivity index (χ1v) is 5.24. The van der Waals surface area contributed by atoms with E-state index in [9.17, 15) is 4.79 Å². The van der Waals surface area contributed by atoms with Crippen LogP contribution in [0, 0.1) is 0 Å². The number of rotatable bonds is 3. The summed E-state index contributed by atoms with van der Waals surface area (Å²) in [5.41, 5.74) is 5.13. The van der Waals surface area contributed by atoms with Gasteiger partial charge in [0.2, 0.25) is 5.91 Å². The molecule has 0 aliphatic rings. The van der Waals surface area contributed by atoms with Crippen LogP contribution in [0.5, 0.6) is 0 Å². The third-order valence-corrected chi connectivity index (χ3v) is 1.29. The van der Waals surface area contributed by atoms with Gasteiger partial charge in [0.1, 0.15) is 0 Å². The van der Waals surface area contributed by atoms with Crippen molar-refractivity contribution in [3.63, 3.8) is 0 Å². The predicted octanol–water partition coefficient (Wildman–Crippen LogP) is 1.87. The Morgan fingerprint density at radius 3 is 1.46 bits per heavy atom. The van der Waals surface area contributed by atoms with E-state index < -0.39 is 0 Å². The molecule has 2 N–H and O–H groups in total. The molecule has 0 aliphatic carbocycles. The van der Waals surface area contributed by atoms with E-state index in [4.69, 9.17) is 5.73 Å². The molecule has 0 aromatic heterocycles. The Balaban J connectivity index is -0.000000218. The lowest BCUT2D eigenvalue weighted by molar-refractivity contribution is -0.129. The number of nitrogens with zero attached hydrogens (tertiary/aromatic N) is 1. The number of carbonyl (C=O) groups is 1. The van der Waals surface area contributed by atoms with Gasteiger partial charge < -0.3 is 10.6 Å². The summed E-state index contributed by atoms with van der Waals surface area (Å²) in [6.07, 6.45) is 0. The molecule has 3 nitrogen and oxygen atoms in total. The molecule has 0 heterocycles. The standard InChI is InChI=1S/C6H14N2O.2C2H6/c1-3-8(4-2)6(9)5-7;2*1-2/h3-5,7H2,1-2H3;2*1-2H3. The van der Waals surface area contributed by atoms with Crippen LogP contribution >= 0.6 is 0 Å². The van der Waals surface area contributed by atoms with Crippen molar-refractivity contribution in [2.45, 2.75) is 41.5 Å². The maximum atomic E-state index is 10.8. The molecule has 0 saturated carbocycles. The van der Waals surface area contributed by atoms with Gasteiger partial charge in [0.05, 0.1) is 6.54 Å². The van der Waals surface area contributed by atoms with Crippen molar-refractivity contribution < 1.29 is 4.79 Å². The SMILES string of the molecule is CC.CC.CCN(CC)C(=O)CN. The van der Waals surface area contributed by atoms with Crippen LogP contribution in [0.1, 0.15) is 41.5 Å². The van der Waals surface area contributed by atoms with Gasteiger partial charge >= 0.3 is 0 Å². The van der Waals surface area contributed by atoms with Crippen LogP contribution in [0.4, 0.5) is 0 Å². The highest BCUT2D eigenvalue weighted by atomic mass is 16.2. The Labute approximate surface area is 83.3 Å². The predicted molar refractivity (Wildman–Crippen MR) is 59.7 cm³/mol. The maximum Gasteiger partial charge on any atom is 0.236 e. The molecule has 0 saturated heterocycles. The van der Waals surface area contributed by atoms with Crippen molar-refractivity contribution in [3.05, 3.63) is 0 Å². The molecule has 3 heteroatoms. The van der Waals surface area contributed by atoms with E-state index in [1.165, 1.54) is 0 Å². The zero-order valence-electron chi connectivity index (χ0n) is 10.1. The molecule has 13 heavy (non-hydrogen) atoms. The molecule has 0 unspecified atom stereocenters. The van der Waals surface area contributed by atoms with Crippen molar-refractivity contribution >= 4 is 5.91 Å². The van der Waals surface area contributed by atoms with E-state index >= 15 is 0 Å². The zero-order valence-corrected chi connectivity index (χ0v) is 10.1. The molecule has 0 aromatic carbocycles. The highest BCUT2D eigenvalue weighted by molar-refractivity contribution is 5.77. The topological polar surface area (TPSA) is 46.3 Å². The Morgan fingerprint density at radius 1 is 1.08 bits per heavy atom. The second-order valence-corrected chi connectivity index (χ2v) is 1.77. The summed E-state index contributed by atoms with van der Waals surface area (Å²) in [7, 11) is 0. The Hall–Kier alpha value is -0.570. The van der Waals surface area contributed by atoms with Crippen LogP contribution in [0.2, 0.25) is 0 Å². The van der Waals surface area contributed by atoms with Gasteiger partial charge in [-0.15, -0.1) is 0 Å². The third-order valence-electron chi connectivity index (χ3n) is 1.29. The molecule has 0 fully saturated rings. The van der Waals surface area contributed by atoms with Crippen LogP contribution in [0.3, 0.4) is 0 Å². The van der Waals surface area contributed by atoms with Crippen LogP contribution < -0.4 is 5.73 Å². The van der Waals surface area contributed by atoms with Gasteiger partial charge in [0.25, 0.3) is 0 Å². The van der Waals surface area contributed by atoms with E-state index in [0.29, 0.717) is 0 Å². The molecule has 0 atom stereocenters. The molecular weight excluding hydrogens is 164 g/mol. The van der Waals surface area contributed by atoms with Crippen molar-refractivity contribution in [2.75, 3.05) is 19.6 Å². The summed E-state index contributed by atoms with van der Waals surface area (Å²) in [4.78, 5) is 12.5. The average Bonchev–Trinajstić information content (AvgIpc) is 2.25. The molecule has 0 rings (SSSR count). The van der Waals surface area contributed by atoms with E-state index in [1.54, 1.807) is 4.90 Å². The van der Waals surface area contributed by atoms with Crippen molar-refractivity contribution in [1.29, 1.82) is 0 Å². The summed E-state index contributed by atoms with van der Waals surface area (Å²) in [6.45, 7) is 13.5. The third kappa shape index (κ3) is 11.4. The van der Waals surface area contributed by atoms with E-state index in [-0.39, 0.29) is 12.5 Å². The fraction of sp³-hybridized carbons (Fsp3) is 0.900. The van der Waals surface area contributed by atoms with E-state index in [2.05, 4.69) is 0 Å². The first-order valence-electron chi connectivity index (χ1n) is 5.24. The minimum atomic E-state index is 0.0278. The van der Waals surface area contributed by atoms with Crippen molar-refractivity contribution in [3.8, 4) is 0 Å². The normalized spacial score (nSPS) is 7.31. The van der Waals surface area contributed by atoms with Crippen LogP contribution in [-0.4, -0.2) is 30.4 Å². The van der Waals surface area contributed by atoms with Crippen LogP contribution in [0.25, 0.3) is 0 Å². The number of likely N-dealkylation sites (N-methyl/N-ethyl adjacent to an activating group) is 1. The molecule has 0 bridgehead atoms. The summed E-state index contributed by atoms with van der Waals surface area (Å²) in [5, 5.41) is 0. The summed E-state index contributed by atoms with van der Waals surface area (Å²) < 4.78 is 0. The molecule has 0 radical (unpaired) electrons. The quantitative estimate of drug-likeness (QED) is 0.738. The smallest absolute Gasteiger partial charge is 0.236 e. The highest BCUT2D eigenvalue weighted by Gasteiger charge is 2.04. The fourth-order valence-electron chi connectivity index (χ4n) is 0.705. The summed E-state index contributed by atoms with van der Waals surface area (Å²) >= 11 is 0. The highest BCUT2D eigenvalue weighted by Crippen LogP contribution is 1.84.